The topological polar surface area (TPSA) is 152 Å². The molecule has 4 aromatic rings. The molecule has 0 bridgehead atoms. The fourth-order valence-electron chi connectivity index (χ4n) is 3.06. The number of nitrogens with zero attached hydrogens (tertiary/aromatic N) is 3. The Morgan fingerprint density at radius 3 is 2.39 bits per heavy atom. The predicted molar refractivity (Wildman–Crippen MR) is 120 cm³/mol. The maximum Gasteiger partial charge on any atom is 0.326 e. The number of ether oxygens (including phenoxy) is 1. The number of benzene rings is 2. The van der Waals surface area contributed by atoms with Crippen molar-refractivity contribution in [2.45, 2.75) is 0 Å². The van der Waals surface area contributed by atoms with Gasteiger partial charge in [0.1, 0.15) is 11.4 Å². The van der Waals surface area contributed by atoms with Crippen molar-refractivity contribution in [1.82, 2.24) is 14.5 Å². The molecule has 12 heteroatoms. The number of nitro groups is 1. The van der Waals surface area contributed by atoms with Crippen molar-refractivity contribution in [1.29, 1.82) is 0 Å². The molecule has 0 atom stereocenters. The van der Waals surface area contributed by atoms with Crippen molar-refractivity contribution in [3.05, 3.63) is 101 Å². The molecular weight excluding hydrogens is 450 g/mol. The van der Waals surface area contributed by atoms with E-state index in [1.807, 2.05) is 17.1 Å². The molecule has 11 nitrogen and oxygen atoms in total. The molecule has 1 amide bonds. The van der Waals surface area contributed by atoms with Crippen LogP contribution in [-0.4, -0.2) is 32.5 Å². The minimum absolute atomic E-state index is 0.0868. The Bertz CT molecular complexity index is 1500. The van der Waals surface area contributed by atoms with E-state index in [1.54, 1.807) is 29.2 Å². The zero-order valence-corrected chi connectivity index (χ0v) is 17.8. The summed E-state index contributed by atoms with van der Waals surface area (Å²) in [7, 11) is 1.55. The van der Waals surface area contributed by atoms with E-state index in [1.165, 1.54) is 24.3 Å². The van der Waals surface area contributed by atoms with Gasteiger partial charge in [-0.05, 0) is 42.0 Å². The molecule has 2 aromatic heterocycles. The highest BCUT2D eigenvalue weighted by Gasteiger charge is 2.14. The number of methoxy groups -OCH3 is 1. The number of nitro benzene ring substituents is 1. The normalized spacial score (nSPS) is 11.4. The van der Waals surface area contributed by atoms with Crippen LogP contribution in [0.1, 0.15) is 10.5 Å². The van der Waals surface area contributed by atoms with Gasteiger partial charge in [-0.1, -0.05) is 0 Å². The Morgan fingerprint density at radius 1 is 1.09 bits per heavy atom. The second-order valence-electron chi connectivity index (χ2n) is 6.66. The third-order valence-electron chi connectivity index (χ3n) is 4.60. The van der Waals surface area contributed by atoms with E-state index in [2.05, 4.69) is 9.98 Å². The molecule has 0 unspecified atom stereocenters. The minimum atomic E-state index is -0.825. The minimum Gasteiger partial charge on any atom is -0.497 e. The molecule has 166 valence electrons. The third kappa shape index (κ3) is 4.55. The van der Waals surface area contributed by atoms with Gasteiger partial charge >= 0.3 is 5.69 Å². The molecule has 0 aliphatic heterocycles. The van der Waals surface area contributed by atoms with E-state index >= 15 is 0 Å². The lowest BCUT2D eigenvalue weighted by Crippen LogP contribution is -2.25. The van der Waals surface area contributed by atoms with E-state index in [-0.39, 0.29) is 16.2 Å². The van der Waals surface area contributed by atoms with Gasteiger partial charge in [0.05, 0.1) is 17.7 Å². The molecule has 0 radical (unpaired) electrons. The summed E-state index contributed by atoms with van der Waals surface area (Å²) in [6, 6.07) is 13.9. The Morgan fingerprint density at radius 2 is 1.79 bits per heavy atom. The van der Waals surface area contributed by atoms with Crippen LogP contribution in [0.15, 0.2) is 74.6 Å². The number of hydrogen-bond donors (Lipinski definition) is 2. The number of nitrogens with one attached hydrogen (secondary N) is 2. The van der Waals surface area contributed by atoms with Gasteiger partial charge in [-0.2, -0.15) is 4.99 Å². The molecule has 4 rings (SSSR count). The fraction of sp³-hybridized carbons (Fsp3) is 0.0476. The quantitative estimate of drug-likeness (QED) is 0.341. The SMILES string of the molecule is COc1ccc(-c2csc(=NC(=O)c3cc(=O)[nH]c(=O)[nH]3)n2-c2ccc([N+](=O)[O-])cc2)cc1. The second-order valence-corrected chi connectivity index (χ2v) is 7.50. The number of thiazole rings is 1. The van der Waals surface area contributed by atoms with Crippen LogP contribution in [0.5, 0.6) is 5.75 Å². The largest absolute Gasteiger partial charge is 0.497 e. The number of non-ortho nitro benzene ring substituents is 1. The number of amides is 1. The number of carbonyl (C=O) groups is 1. The summed E-state index contributed by atoms with van der Waals surface area (Å²) in [6.45, 7) is 0. The average Bonchev–Trinajstić information content (AvgIpc) is 3.22. The Kier molecular flexibility index (Phi) is 5.83. The zero-order valence-electron chi connectivity index (χ0n) is 17.0. The van der Waals surface area contributed by atoms with Crippen LogP contribution >= 0.6 is 11.3 Å². The average molecular weight is 465 g/mol. The molecule has 0 aliphatic carbocycles. The monoisotopic (exact) mass is 465 g/mol. The van der Waals surface area contributed by atoms with E-state index < -0.39 is 22.1 Å². The Balaban J connectivity index is 1.89. The molecule has 2 aromatic carbocycles. The number of aromatic nitrogens is 3. The highest BCUT2D eigenvalue weighted by atomic mass is 32.1. The highest BCUT2D eigenvalue weighted by Crippen LogP contribution is 2.26. The lowest BCUT2D eigenvalue weighted by atomic mass is 10.1. The number of aromatic amines is 2. The van der Waals surface area contributed by atoms with Crippen molar-refractivity contribution in [2.24, 2.45) is 4.99 Å². The van der Waals surface area contributed by atoms with Crippen molar-refractivity contribution < 1.29 is 14.5 Å². The summed E-state index contributed by atoms with van der Waals surface area (Å²) in [5.74, 6) is -0.161. The Hall–Kier alpha value is -4.58. The second kappa shape index (κ2) is 8.88. The smallest absolute Gasteiger partial charge is 0.326 e. The highest BCUT2D eigenvalue weighted by molar-refractivity contribution is 7.07. The van der Waals surface area contributed by atoms with Gasteiger partial charge in [0.25, 0.3) is 17.2 Å². The predicted octanol–water partition coefficient (Wildman–Crippen LogP) is 2.24. The van der Waals surface area contributed by atoms with Gasteiger partial charge < -0.3 is 9.72 Å². The first kappa shape index (κ1) is 21.6. The summed E-state index contributed by atoms with van der Waals surface area (Å²) in [6.07, 6.45) is 0. The lowest BCUT2D eigenvalue weighted by molar-refractivity contribution is -0.384. The van der Waals surface area contributed by atoms with Crippen molar-refractivity contribution in [3.63, 3.8) is 0 Å². The summed E-state index contributed by atoms with van der Waals surface area (Å²) < 4.78 is 6.85. The maximum absolute atomic E-state index is 12.7. The summed E-state index contributed by atoms with van der Waals surface area (Å²) in [4.78, 5) is 54.8. The molecule has 0 spiro atoms. The lowest BCUT2D eigenvalue weighted by Gasteiger charge is -2.10. The number of carbonyl (C=O) groups excluding carboxylic acids is 1. The summed E-state index contributed by atoms with van der Waals surface area (Å²) in [5, 5.41) is 12.8. The van der Waals surface area contributed by atoms with E-state index in [0.717, 1.165) is 23.0 Å². The van der Waals surface area contributed by atoms with Crippen LogP contribution in [0.2, 0.25) is 0 Å². The van der Waals surface area contributed by atoms with Crippen LogP contribution in [0.4, 0.5) is 5.69 Å². The molecule has 33 heavy (non-hydrogen) atoms. The molecule has 0 saturated heterocycles. The molecule has 0 aliphatic rings. The molecule has 0 fully saturated rings. The van der Waals surface area contributed by atoms with Gasteiger partial charge in [-0.15, -0.1) is 11.3 Å². The standard InChI is InChI=1S/C21H15N5O6S/c1-32-15-8-2-12(3-9-15)17-11-33-21(24-19(28)16-10-18(27)23-20(29)22-16)25(17)13-4-6-14(7-5-13)26(30)31/h2-11H,1H3,(H2,22,23,27,29). The fourth-order valence-corrected chi connectivity index (χ4v) is 3.96. The summed E-state index contributed by atoms with van der Waals surface area (Å²) in [5.41, 5.74) is 0.0691. The van der Waals surface area contributed by atoms with Crippen LogP contribution in [0.25, 0.3) is 16.9 Å². The van der Waals surface area contributed by atoms with Crippen LogP contribution < -0.4 is 20.8 Å². The van der Waals surface area contributed by atoms with Crippen molar-refractivity contribution in [2.75, 3.05) is 7.11 Å². The van der Waals surface area contributed by atoms with Gasteiger partial charge in [0, 0.05) is 29.3 Å². The van der Waals surface area contributed by atoms with Crippen LogP contribution in [0, 0.1) is 10.1 Å². The molecular formula is C21H15N5O6S. The molecule has 2 heterocycles. The number of rotatable bonds is 5. The zero-order chi connectivity index (χ0) is 23.5. The van der Waals surface area contributed by atoms with Crippen molar-refractivity contribution >= 4 is 22.9 Å². The van der Waals surface area contributed by atoms with E-state index in [0.29, 0.717) is 17.1 Å². The first-order valence-electron chi connectivity index (χ1n) is 9.38. The van der Waals surface area contributed by atoms with Gasteiger partial charge in [-0.25, -0.2) is 4.79 Å². The van der Waals surface area contributed by atoms with Gasteiger partial charge in [-0.3, -0.25) is 29.3 Å². The summed E-state index contributed by atoms with van der Waals surface area (Å²) >= 11 is 1.15. The first-order valence-corrected chi connectivity index (χ1v) is 10.3. The molecule has 2 N–H and O–H groups in total. The van der Waals surface area contributed by atoms with Gasteiger partial charge in [0.2, 0.25) is 0 Å². The van der Waals surface area contributed by atoms with Crippen LogP contribution in [-0.2, 0) is 0 Å². The number of hydrogen-bond acceptors (Lipinski definition) is 7. The first-order chi connectivity index (χ1) is 15.9. The number of H-pyrrole nitrogens is 2. The van der Waals surface area contributed by atoms with E-state index in [9.17, 15) is 24.5 Å². The molecule has 0 saturated carbocycles. The van der Waals surface area contributed by atoms with E-state index in [4.69, 9.17) is 4.74 Å². The van der Waals surface area contributed by atoms with Crippen molar-refractivity contribution in [3.8, 4) is 22.7 Å². The Labute approximate surface area is 188 Å². The van der Waals surface area contributed by atoms with Crippen LogP contribution in [0.3, 0.4) is 0 Å². The van der Waals surface area contributed by atoms with Gasteiger partial charge in [0.15, 0.2) is 4.80 Å². The maximum atomic E-state index is 12.7. The third-order valence-corrected chi connectivity index (χ3v) is 5.43.